The third kappa shape index (κ3) is 1.53. The van der Waals surface area contributed by atoms with Crippen LogP contribution in [0, 0.1) is 10.1 Å². The molecule has 0 saturated heterocycles. The number of ketones is 1. The summed E-state index contributed by atoms with van der Waals surface area (Å²) in [4.78, 5) is 25.0. The number of carbonyl (C=O) groups is 1. The number of hydrogen-bond donors (Lipinski definition) is 0. The fourth-order valence-electron chi connectivity index (χ4n) is 1.43. The smallest absolute Gasteiger partial charge is 0.358 e. The van der Waals surface area contributed by atoms with Crippen molar-refractivity contribution in [2.24, 2.45) is 0 Å². The average molecular weight is 240 g/mol. The fourth-order valence-corrected chi connectivity index (χ4v) is 1.59. The van der Waals surface area contributed by atoms with Gasteiger partial charge in [-0.3, -0.25) is 9.20 Å². The van der Waals surface area contributed by atoms with Gasteiger partial charge in [0, 0.05) is 18.1 Å². The molecule has 2 aromatic heterocycles. The normalized spacial score (nSPS) is 10.6. The van der Waals surface area contributed by atoms with Gasteiger partial charge < -0.3 is 10.1 Å². The Morgan fingerprint density at radius 3 is 2.88 bits per heavy atom. The molecule has 0 atom stereocenters. The van der Waals surface area contributed by atoms with Crippen LogP contribution in [0.1, 0.15) is 17.5 Å². The summed E-state index contributed by atoms with van der Waals surface area (Å²) in [5, 5.41) is 11.1. The van der Waals surface area contributed by atoms with Crippen molar-refractivity contribution in [2.75, 3.05) is 0 Å². The lowest BCUT2D eigenvalue weighted by atomic mass is 10.4. The lowest BCUT2D eigenvalue weighted by Gasteiger charge is -1.94. The molecule has 0 spiro atoms. The fraction of sp³-hybridized carbons (Fsp3) is 0.111. The van der Waals surface area contributed by atoms with E-state index in [1.807, 2.05) is 0 Å². The first-order valence-corrected chi connectivity index (χ1v) is 4.71. The molecule has 0 aromatic carbocycles. The van der Waals surface area contributed by atoms with E-state index in [4.69, 9.17) is 11.6 Å². The lowest BCUT2D eigenvalue weighted by molar-refractivity contribution is -0.387. The first-order chi connectivity index (χ1) is 7.50. The molecule has 6 nitrogen and oxygen atoms in total. The maximum atomic E-state index is 11.2. The molecule has 7 heteroatoms. The number of pyridine rings is 1. The summed E-state index contributed by atoms with van der Waals surface area (Å²) in [6.07, 6.45) is 1.48. The van der Waals surface area contributed by atoms with E-state index in [1.165, 1.54) is 29.7 Å². The van der Waals surface area contributed by atoms with Gasteiger partial charge >= 0.3 is 5.82 Å². The molecule has 16 heavy (non-hydrogen) atoms. The molecule has 0 bridgehead atoms. The molecule has 2 heterocycles. The van der Waals surface area contributed by atoms with Crippen LogP contribution in [0.4, 0.5) is 5.82 Å². The number of rotatable bonds is 2. The Morgan fingerprint density at radius 1 is 1.62 bits per heavy atom. The Labute approximate surface area is 94.6 Å². The average Bonchev–Trinajstić information content (AvgIpc) is 2.56. The second-order valence-corrected chi connectivity index (χ2v) is 3.61. The van der Waals surface area contributed by atoms with E-state index in [1.54, 1.807) is 0 Å². The van der Waals surface area contributed by atoms with Gasteiger partial charge in [0.25, 0.3) is 5.82 Å². The van der Waals surface area contributed by atoms with Gasteiger partial charge in [-0.2, -0.15) is 0 Å². The number of carbonyl (C=O) groups excluding carboxylic acids is 1. The number of halogens is 1. The molecule has 0 aliphatic heterocycles. The van der Waals surface area contributed by atoms with Crippen LogP contribution in [0.2, 0.25) is 5.02 Å². The van der Waals surface area contributed by atoms with E-state index in [0.29, 0.717) is 5.02 Å². The molecule has 0 saturated carbocycles. The van der Waals surface area contributed by atoms with Gasteiger partial charge in [-0.05, 0) is 22.0 Å². The molecule has 0 fully saturated rings. The number of fused-ring (bicyclic) bond motifs is 1. The van der Waals surface area contributed by atoms with E-state index < -0.39 is 4.92 Å². The van der Waals surface area contributed by atoms with Crippen molar-refractivity contribution in [3.63, 3.8) is 0 Å². The van der Waals surface area contributed by atoms with Crippen molar-refractivity contribution in [1.82, 2.24) is 9.38 Å². The Hall–Kier alpha value is -1.95. The highest BCUT2D eigenvalue weighted by Gasteiger charge is 2.24. The maximum absolute atomic E-state index is 11.2. The van der Waals surface area contributed by atoms with Crippen LogP contribution in [0.25, 0.3) is 5.52 Å². The number of nitrogens with zero attached hydrogens (tertiary/aromatic N) is 3. The van der Waals surface area contributed by atoms with Crippen LogP contribution in [0.5, 0.6) is 0 Å². The molecule has 2 aromatic rings. The Kier molecular flexibility index (Phi) is 2.35. The van der Waals surface area contributed by atoms with Crippen LogP contribution in [0.15, 0.2) is 18.3 Å². The Morgan fingerprint density at radius 2 is 2.31 bits per heavy atom. The minimum Gasteiger partial charge on any atom is -0.358 e. The van der Waals surface area contributed by atoms with Gasteiger partial charge in [0.2, 0.25) is 5.78 Å². The number of Topliss-reactive ketones (excluding diaryl/α,β-unsaturated/α-hetero) is 1. The number of nitro groups is 1. The summed E-state index contributed by atoms with van der Waals surface area (Å²) in [5.41, 5.74) is 0.211. The van der Waals surface area contributed by atoms with E-state index in [2.05, 4.69) is 4.98 Å². The SMILES string of the molecule is CC(=O)c1nc([N+](=O)[O-])c2cc(Cl)ccn12. The molecule has 0 radical (unpaired) electrons. The van der Waals surface area contributed by atoms with Crippen LogP contribution >= 0.6 is 11.6 Å². The zero-order chi connectivity index (χ0) is 11.9. The van der Waals surface area contributed by atoms with Gasteiger partial charge in [0.1, 0.15) is 5.52 Å². The molecule has 0 N–H and O–H groups in total. The second-order valence-electron chi connectivity index (χ2n) is 3.17. The van der Waals surface area contributed by atoms with Crippen LogP contribution < -0.4 is 0 Å². The quantitative estimate of drug-likeness (QED) is 0.457. The van der Waals surface area contributed by atoms with Gasteiger partial charge in [-0.1, -0.05) is 11.6 Å². The largest absolute Gasteiger partial charge is 0.390 e. The Bertz CT molecular complexity index is 605. The van der Waals surface area contributed by atoms with Crippen LogP contribution in [0.3, 0.4) is 0 Å². The minimum absolute atomic E-state index is 0.0263. The van der Waals surface area contributed by atoms with E-state index in [9.17, 15) is 14.9 Å². The maximum Gasteiger partial charge on any atom is 0.390 e. The van der Waals surface area contributed by atoms with Gasteiger partial charge in [-0.15, -0.1) is 0 Å². The predicted molar refractivity (Wildman–Crippen MR) is 56.9 cm³/mol. The molecule has 2 rings (SSSR count). The van der Waals surface area contributed by atoms with E-state index in [0.717, 1.165) is 0 Å². The molecule has 0 aliphatic carbocycles. The van der Waals surface area contributed by atoms with Gasteiger partial charge in [0.15, 0.2) is 0 Å². The second kappa shape index (κ2) is 3.57. The van der Waals surface area contributed by atoms with Crippen molar-refractivity contribution in [3.8, 4) is 0 Å². The van der Waals surface area contributed by atoms with E-state index >= 15 is 0 Å². The first-order valence-electron chi connectivity index (χ1n) is 4.33. The molecule has 0 unspecified atom stereocenters. The molecular weight excluding hydrogens is 234 g/mol. The highest BCUT2D eigenvalue weighted by atomic mass is 35.5. The summed E-state index contributed by atoms with van der Waals surface area (Å²) >= 11 is 5.74. The molecule has 0 aliphatic rings. The summed E-state index contributed by atoms with van der Waals surface area (Å²) in [5.74, 6) is -0.684. The first kappa shape index (κ1) is 10.6. The molecule has 82 valence electrons. The standard InChI is InChI=1S/C9H6ClN3O3/c1-5(14)8-11-9(13(15)16)7-4-6(10)2-3-12(7)8/h2-4H,1H3. The lowest BCUT2D eigenvalue weighted by Crippen LogP contribution is -1.99. The third-order valence-electron chi connectivity index (χ3n) is 2.07. The number of aromatic nitrogens is 2. The van der Waals surface area contributed by atoms with Gasteiger partial charge in [-0.25, -0.2) is 0 Å². The van der Waals surface area contributed by atoms with Crippen LogP contribution in [-0.2, 0) is 0 Å². The third-order valence-corrected chi connectivity index (χ3v) is 2.31. The highest BCUT2D eigenvalue weighted by molar-refractivity contribution is 6.31. The zero-order valence-corrected chi connectivity index (χ0v) is 8.93. The van der Waals surface area contributed by atoms with Crippen molar-refractivity contribution >= 4 is 28.7 Å². The minimum atomic E-state index is -0.641. The molecule has 0 amide bonds. The monoisotopic (exact) mass is 239 g/mol. The Balaban J connectivity index is 2.87. The predicted octanol–water partition coefficient (Wildman–Crippen LogP) is 2.10. The van der Waals surface area contributed by atoms with Crippen molar-refractivity contribution in [2.45, 2.75) is 6.92 Å². The van der Waals surface area contributed by atoms with Crippen molar-refractivity contribution in [3.05, 3.63) is 39.3 Å². The summed E-state index contributed by atoms with van der Waals surface area (Å²) in [6.45, 7) is 1.30. The number of hydrogen-bond acceptors (Lipinski definition) is 4. The van der Waals surface area contributed by atoms with Gasteiger partial charge in [0.05, 0.1) is 0 Å². The highest BCUT2D eigenvalue weighted by Crippen LogP contribution is 2.23. The van der Waals surface area contributed by atoms with E-state index in [-0.39, 0.29) is 22.9 Å². The molecular formula is C9H6ClN3O3. The summed E-state index contributed by atoms with van der Waals surface area (Å²) < 4.78 is 1.35. The van der Waals surface area contributed by atoms with Crippen molar-refractivity contribution < 1.29 is 9.72 Å². The zero-order valence-electron chi connectivity index (χ0n) is 8.18. The van der Waals surface area contributed by atoms with Crippen LogP contribution in [-0.4, -0.2) is 20.1 Å². The summed E-state index contributed by atoms with van der Waals surface area (Å²) in [6, 6.07) is 2.94. The summed E-state index contributed by atoms with van der Waals surface area (Å²) in [7, 11) is 0. The van der Waals surface area contributed by atoms with Crippen molar-refractivity contribution in [1.29, 1.82) is 0 Å². The number of imidazole rings is 1. The topological polar surface area (TPSA) is 77.5 Å².